The number of piperidine rings is 1. The van der Waals surface area contributed by atoms with Crippen LogP contribution in [0, 0.1) is 5.92 Å². The summed E-state index contributed by atoms with van der Waals surface area (Å²) in [6.45, 7) is 0.856. The molecule has 0 atom stereocenters. The van der Waals surface area contributed by atoms with Gasteiger partial charge < -0.3 is 18.9 Å². The molecule has 0 bridgehead atoms. The molecular weight excluding hydrogens is 534 g/mol. The summed E-state index contributed by atoms with van der Waals surface area (Å²) in [6, 6.07) is 19.7. The fourth-order valence-electron chi connectivity index (χ4n) is 4.37. The smallest absolute Gasteiger partial charge is 0.243 e. The minimum absolute atomic E-state index is 0.115. The van der Waals surface area contributed by atoms with Gasteiger partial charge in [0.15, 0.2) is 23.0 Å². The lowest BCUT2D eigenvalue weighted by molar-refractivity contribution is -0.126. The van der Waals surface area contributed by atoms with Crippen molar-refractivity contribution in [2.75, 3.05) is 34.4 Å². The van der Waals surface area contributed by atoms with E-state index in [1.165, 1.54) is 36.9 Å². The van der Waals surface area contributed by atoms with E-state index in [1.54, 1.807) is 25.3 Å². The first-order valence-electron chi connectivity index (χ1n) is 12.8. The molecule has 0 saturated carbocycles. The van der Waals surface area contributed by atoms with E-state index in [-0.39, 0.29) is 29.8 Å². The molecule has 11 heteroatoms. The van der Waals surface area contributed by atoms with Gasteiger partial charge in [0.05, 0.1) is 32.4 Å². The lowest BCUT2D eigenvalue weighted by Gasteiger charge is -2.30. The minimum Gasteiger partial charge on any atom is -0.493 e. The first-order valence-corrected chi connectivity index (χ1v) is 14.2. The van der Waals surface area contributed by atoms with Crippen LogP contribution in [0.15, 0.2) is 76.7 Å². The van der Waals surface area contributed by atoms with Crippen LogP contribution in [0.3, 0.4) is 0 Å². The van der Waals surface area contributed by atoms with Crippen molar-refractivity contribution in [3.8, 4) is 23.0 Å². The van der Waals surface area contributed by atoms with Gasteiger partial charge in [-0.3, -0.25) is 4.79 Å². The van der Waals surface area contributed by atoms with Gasteiger partial charge in [0.2, 0.25) is 15.9 Å². The summed E-state index contributed by atoms with van der Waals surface area (Å²) in [5, 5.41) is 4.09. The molecule has 1 aliphatic rings. The number of sulfonamides is 1. The Balaban J connectivity index is 1.30. The molecular formula is C29H33N3O7S. The number of hydrogen-bond donors (Lipinski definition) is 1. The number of hydrogen-bond acceptors (Lipinski definition) is 8. The van der Waals surface area contributed by atoms with E-state index in [9.17, 15) is 13.2 Å². The number of nitrogens with one attached hydrogen (secondary N) is 1. The molecule has 40 heavy (non-hydrogen) atoms. The lowest BCUT2D eigenvalue weighted by atomic mass is 9.98. The maximum absolute atomic E-state index is 13.1. The summed E-state index contributed by atoms with van der Waals surface area (Å²) >= 11 is 0. The van der Waals surface area contributed by atoms with Gasteiger partial charge in [-0.05, 0) is 54.3 Å². The summed E-state index contributed by atoms with van der Waals surface area (Å²) in [6.07, 6.45) is 2.29. The van der Waals surface area contributed by atoms with Crippen molar-refractivity contribution in [3.63, 3.8) is 0 Å². The fraction of sp³-hybridized carbons (Fsp3) is 0.310. The highest BCUT2D eigenvalue weighted by Gasteiger charge is 2.32. The van der Waals surface area contributed by atoms with Crippen LogP contribution in [0.5, 0.6) is 23.0 Å². The van der Waals surface area contributed by atoms with Gasteiger partial charge in [-0.25, -0.2) is 13.8 Å². The van der Waals surface area contributed by atoms with E-state index < -0.39 is 10.0 Å². The van der Waals surface area contributed by atoms with Crippen molar-refractivity contribution in [1.82, 2.24) is 9.73 Å². The molecule has 0 aromatic heterocycles. The number of carbonyl (C=O) groups is 1. The van der Waals surface area contributed by atoms with Gasteiger partial charge in [0.1, 0.15) is 6.61 Å². The van der Waals surface area contributed by atoms with Crippen molar-refractivity contribution < 1.29 is 32.2 Å². The molecule has 0 unspecified atom stereocenters. The number of ether oxygens (including phenoxy) is 4. The van der Waals surface area contributed by atoms with E-state index in [2.05, 4.69) is 10.5 Å². The second kappa shape index (κ2) is 13.3. The predicted molar refractivity (Wildman–Crippen MR) is 151 cm³/mol. The Bertz CT molecular complexity index is 1440. The average molecular weight is 568 g/mol. The fourth-order valence-corrected chi connectivity index (χ4v) is 5.85. The van der Waals surface area contributed by atoms with Gasteiger partial charge in [0.25, 0.3) is 0 Å². The second-order valence-electron chi connectivity index (χ2n) is 9.11. The molecule has 1 fully saturated rings. The predicted octanol–water partition coefficient (Wildman–Crippen LogP) is 3.84. The normalized spacial score (nSPS) is 14.6. The zero-order valence-corrected chi connectivity index (χ0v) is 23.5. The van der Waals surface area contributed by atoms with Gasteiger partial charge in [-0.15, -0.1) is 0 Å². The number of nitrogens with zero attached hydrogens (tertiary/aromatic N) is 2. The summed E-state index contributed by atoms with van der Waals surface area (Å²) in [4.78, 5) is 12.8. The van der Waals surface area contributed by atoms with E-state index in [4.69, 9.17) is 18.9 Å². The minimum atomic E-state index is -3.74. The van der Waals surface area contributed by atoms with E-state index >= 15 is 0 Å². The third-order valence-corrected chi connectivity index (χ3v) is 8.53. The van der Waals surface area contributed by atoms with Gasteiger partial charge in [0, 0.05) is 25.1 Å². The monoisotopic (exact) mass is 567 g/mol. The highest BCUT2D eigenvalue weighted by molar-refractivity contribution is 7.89. The second-order valence-corrected chi connectivity index (χ2v) is 11.1. The molecule has 212 valence electrons. The van der Waals surface area contributed by atoms with Gasteiger partial charge in [-0.2, -0.15) is 9.41 Å². The van der Waals surface area contributed by atoms with Gasteiger partial charge in [-0.1, -0.05) is 30.3 Å². The van der Waals surface area contributed by atoms with E-state index in [0.29, 0.717) is 42.4 Å². The zero-order valence-electron chi connectivity index (χ0n) is 22.7. The van der Waals surface area contributed by atoms with Crippen molar-refractivity contribution >= 4 is 22.1 Å². The Morgan fingerprint density at radius 3 is 2.23 bits per heavy atom. The summed E-state index contributed by atoms with van der Waals surface area (Å²) in [7, 11) is 0.763. The Hall–Kier alpha value is -4.09. The maximum atomic E-state index is 13.1. The Morgan fingerprint density at radius 2 is 1.55 bits per heavy atom. The highest BCUT2D eigenvalue weighted by Crippen LogP contribution is 2.32. The van der Waals surface area contributed by atoms with Crippen LogP contribution >= 0.6 is 0 Å². The van der Waals surface area contributed by atoms with E-state index in [0.717, 1.165) is 11.1 Å². The maximum Gasteiger partial charge on any atom is 0.243 e. The van der Waals surface area contributed by atoms with Crippen molar-refractivity contribution in [2.45, 2.75) is 24.3 Å². The molecule has 1 heterocycles. The summed E-state index contributed by atoms with van der Waals surface area (Å²) in [5.74, 6) is 1.33. The molecule has 1 saturated heterocycles. The molecule has 1 amide bonds. The highest BCUT2D eigenvalue weighted by atomic mass is 32.2. The molecule has 1 aliphatic heterocycles. The third-order valence-electron chi connectivity index (χ3n) is 6.63. The molecule has 0 radical (unpaired) electrons. The Morgan fingerprint density at radius 1 is 0.900 bits per heavy atom. The standard InChI is InChI=1S/C29H33N3O7S/c1-36-25-12-10-24(18-28(25)38-3)40(34,35)32-15-13-23(14-16-32)29(33)31-30-19-22-9-11-26(27(17-22)37-2)39-20-21-7-5-4-6-8-21/h4-12,17-19,23H,13-16,20H2,1-3H3,(H,31,33)/b30-19-. The van der Waals surface area contributed by atoms with Crippen LogP contribution in [0.2, 0.25) is 0 Å². The summed E-state index contributed by atoms with van der Waals surface area (Å²) < 4.78 is 49.4. The number of benzene rings is 3. The number of amides is 1. The van der Waals surface area contributed by atoms with Crippen LogP contribution in [0.25, 0.3) is 0 Å². The number of carbonyl (C=O) groups excluding carboxylic acids is 1. The SMILES string of the molecule is COc1ccc(S(=O)(=O)N2CCC(C(=O)N/N=C\c3ccc(OCc4ccccc4)c(OC)c3)CC2)cc1OC. The number of rotatable bonds is 11. The van der Waals surface area contributed by atoms with Gasteiger partial charge >= 0.3 is 0 Å². The van der Waals surface area contributed by atoms with Crippen LogP contribution in [-0.2, 0) is 21.4 Å². The zero-order chi connectivity index (χ0) is 28.5. The van der Waals surface area contributed by atoms with Crippen molar-refractivity contribution in [3.05, 3.63) is 77.9 Å². The topological polar surface area (TPSA) is 116 Å². The first kappa shape index (κ1) is 28.9. The lowest BCUT2D eigenvalue weighted by Crippen LogP contribution is -2.42. The molecule has 3 aromatic carbocycles. The number of methoxy groups -OCH3 is 3. The molecule has 1 N–H and O–H groups in total. The van der Waals surface area contributed by atoms with Crippen LogP contribution in [0.1, 0.15) is 24.0 Å². The molecule has 3 aromatic rings. The quantitative estimate of drug-likeness (QED) is 0.277. The van der Waals surface area contributed by atoms with Crippen LogP contribution in [-0.4, -0.2) is 59.3 Å². The molecule has 0 aliphatic carbocycles. The van der Waals surface area contributed by atoms with Crippen LogP contribution < -0.4 is 24.4 Å². The molecule has 0 spiro atoms. The average Bonchev–Trinajstić information content (AvgIpc) is 3.00. The van der Waals surface area contributed by atoms with Crippen molar-refractivity contribution in [1.29, 1.82) is 0 Å². The Labute approximate surface area is 234 Å². The Kier molecular flexibility index (Phi) is 9.62. The third kappa shape index (κ3) is 6.91. The summed E-state index contributed by atoms with van der Waals surface area (Å²) in [5.41, 5.74) is 4.34. The first-order chi connectivity index (χ1) is 19.3. The van der Waals surface area contributed by atoms with Crippen LogP contribution in [0.4, 0.5) is 0 Å². The largest absolute Gasteiger partial charge is 0.493 e. The number of hydrazone groups is 1. The molecule has 10 nitrogen and oxygen atoms in total. The van der Waals surface area contributed by atoms with Crippen molar-refractivity contribution in [2.24, 2.45) is 11.0 Å². The van der Waals surface area contributed by atoms with E-state index in [1.807, 2.05) is 36.4 Å². The molecule has 4 rings (SSSR count).